The van der Waals surface area contributed by atoms with Gasteiger partial charge in [-0.15, -0.1) is 0 Å². The monoisotopic (exact) mass is 1230 g/mol. The number of hydrogen-bond acceptors (Lipinski definition) is 16. The van der Waals surface area contributed by atoms with E-state index in [9.17, 15) is 28.8 Å². The molecular weight excluding hydrogens is 1140 g/mol. The maximum Gasteiger partial charge on any atom is 0.329 e. The van der Waals surface area contributed by atoms with Gasteiger partial charge in [-0.1, -0.05) is 104 Å². The first-order chi connectivity index (χ1) is 42.0. The minimum Gasteiger partial charge on any atom is -0.451 e. The van der Waals surface area contributed by atoms with Crippen molar-refractivity contribution in [2.75, 3.05) is 42.3 Å². The topological polar surface area (TPSA) is 229 Å². The second kappa shape index (κ2) is 30.4. The number of fused-ring (bicyclic) bond motifs is 2. The highest BCUT2D eigenvalue weighted by Crippen LogP contribution is 2.27. The highest BCUT2D eigenvalue weighted by molar-refractivity contribution is 5.94. The van der Waals surface area contributed by atoms with E-state index >= 15 is 9.59 Å². The summed E-state index contributed by atoms with van der Waals surface area (Å²) in [7, 11) is 9.73. The zero-order valence-corrected chi connectivity index (χ0v) is 55.3. The molecule has 0 aliphatic carbocycles. The van der Waals surface area contributed by atoms with Gasteiger partial charge < -0.3 is 38.5 Å². The molecule has 486 valence electrons. The Morgan fingerprint density at radius 2 is 0.730 bits per heavy atom. The largest absolute Gasteiger partial charge is 0.451 e. The van der Waals surface area contributed by atoms with Crippen molar-refractivity contribution < 1.29 is 57.3 Å². The number of hydrogen-bond donors (Lipinski definition) is 0. The molecule has 1 fully saturated rings. The summed E-state index contributed by atoms with van der Waals surface area (Å²) in [5, 5.41) is 9.54. The third-order valence-corrected chi connectivity index (χ3v) is 16.9. The molecule has 1 saturated heterocycles. The molecule has 0 bridgehead atoms. The standard InChI is InChI=1S/C67H96N10O12/c1-40(2)17-26-54-64(82)88-58(30-46-18-22-48(23-19-46)32-76-36-50-34-70(11)38-52(50)68-76)62(80)74(15)56(28-42(5)6)66(84)87-45(10)61(79)73(14)57(29-43(7)8)67(85)89-59(63(81)75(16)55(27-41(3)4)65(83)86-44(9)60(78)72(54)13)31-47-20-24-49(25-21-47)33-77-37-51-35-71(12)39-53(51)69-77/h18-25,36-37,40-45,54-59H,17,26-35,38-39H2,1-16H3/t44-,45-,54+,55+,56+,57+,58-,59-/m1/s1. The summed E-state index contributed by atoms with van der Waals surface area (Å²) in [5.41, 5.74) is 7.56. The van der Waals surface area contributed by atoms with Crippen molar-refractivity contribution >= 4 is 47.5 Å². The molecule has 2 aromatic heterocycles. The average molecular weight is 1230 g/mol. The maximum atomic E-state index is 15.2. The van der Waals surface area contributed by atoms with Gasteiger partial charge in [-0.05, 0) is 106 Å². The molecule has 0 N–H and O–H groups in total. The molecule has 5 heterocycles. The minimum atomic E-state index is -1.53. The highest BCUT2D eigenvalue weighted by atomic mass is 16.6. The number of rotatable bonds is 17. The van der Waals surface area contributed by atoms with E-state index in [1.54, 1.807) is 0 Å². The Labute approximate surface area is 525 Å². The third kappa shape index (κ3) is 18.1. The Hall–Kier alpha value is -7.46. The number of ether oxygens (including phenoxy) is 4. The van der Waals surface area contributed by atoms with Crippen LogP contribution >= 0.6 is 0 Å². The van der Waals surface area contributed by atoms with Crippen LogP contribution in [0.4, 0.5) is 0 Å². The van der Waals surface area contributed by atoms with E-state index < -0.39 is 96.1 Å². The predicted octanol–water partition coefficient (Wildman–Crippen LogP) is 6.44. The molecule has 3 aliphatic rings. The summed E-state index contributed by atoms with van der Waals surface area (Å²) in [6.07, 6.45) is -1.38. The van der Waals surface area contributed by atoms with E-state index in [0.717, 1.165) is 53.6 Å². The molecule has 4 aromatic rings. The van der Waals surface area contributed by atoms with Crippen LogP contribution in [0.3, 0.4) is 0 Å². The van der Waals surface area contributed by atoms with E-state index in [2.05, 4.69) is 9.80 Å². The summed E-state index contributed by atoms with van der Waals surface area (Å²) in [5.74, 6) is -7.10. The van der Waals surface area contributed by atoms with Gasteiger partial charge in [0, 0.05) is 90.7 Å². The zero-order chi connectivity index (χ0) is 65.3. The summed E-state index contributed by atoms with van der Waals surface area (Å²) in [6, 6.07) is 9.86. The Kier molecular flexibility index (Phi) is 23.5. The number of cyclic esters (lactones) is 4. The van der Waals surface area contributed by atoms with Crippen LogP contribution in [0.2, 0.25) is 0 Å². The van der Waals surface area contributed by atoms with Crippen molar-refractivity contribution in [2.45, 2.75) is 202 Å². The van der Waals surface area contributed by atoms with Crippen LogP contribution in [0.5, 0.6) is 0 Å². The molecule has 3 aliphatic heterocycles. The van der Waals surface area contributed by atoms with Crippen LogP contribution in [0.15, 0.2) is 60.9 Å². The number of aromatic nitrogens is 4. The third-order valence-electron chi connectivity index (χ3n) is 16.9. The molecule has 4 amide bonds. The normalized spacial score (nSPS) is 23.8. The van der Waals surface area contributed by atoms with E-state index in [4.69, 9.17) is 29.1 Å². The fourth-order valence-corrected chi connectivity index (χ4v) is 11.8. The first-order valence-electron chi connectivity index (χ1n) is 31.5. The van der Waals surface area contributed by atoms with Gasteiger partial charge >= 0.3 is 23.9 Å². The van der Waals surface area contributed by atoms with Crippen LogP contribution in [0.1, 0.15) is 146 Å². The Balaban J connectivity index is 1.23. The Bertz CT molecular complexity index is 3080. The Morgan fingerprint density at radius 3 is 1.07 bits per heavy atom. The number of esters is 4. The van der Waals surface area contributed by atoms with Crippen LogP contribution in [0.25, 0.3) is 0 Å². The number of nitrogens with zero attached hydrogens (tertiary/aromatic N) is 10. The van der Waals surface area contributed by atoms with E-state index in [1.165, 1.54) is 67.9 Å². The lowest BCUT2D eigenvalue weighted by Gasteiger charge is -2.35. The van der Waals surface area contributed by atoms with Gasteiger partial charge in [0.25, 0.3) is 23.6 Å². The zero-order valence-electron chi connectivity index (χ0n) is 55.3. The van der Waals surface area contributed by atoms with Crippen LogP contribution in [-0.2, 0) is 109 Å². The number of carbonyl (C=O) groups is 8. The van der Waals surface area contributed by atoms with Gasteiger partial charge in [0.05, 0.1) is 24.5 Å². The SMILES string of the molecule is CC(C)CC[C@H]1C(=O)O[C@H](Cc2ccc(Cn3cc4c(n3)CN(C)C4)cc2)C(=O)N(C)[C@@H](CC(C)C)C(=O)O[C@H](C)C(=O)N(C)[C@@H](CC(C)C)C(=O)O[C@H](Cc2ccc(Cn3cc4c(n3)CN(C)C4)cc2)C(=O)N(C)[C@@H](CC(C)C)C(=O)O[C@H](C)C(=O)N1C. The quantitative estimate of drug-likeness (QED) is 0.0819. The summed E-state index contributed by atoms with van der Waals surface area (Å²) in [4.78, 5) is 128. The number of carbonyl (C=O) groups excluding carboxylic acids is 8. The second-order valence-corrected chi connectivity index (χ2v) is 26.7. The lowest BCUT2D eigenvalue weighted by molar-refractivity contribution is -0.176. The van der Waals surface area contributed by atoms with Gasteiger partial charge in [-0.3, -0.25) is 38.3 Å². The molecule has 22 heteroatoms. The second-order valence-electron chi connectivity index (χ2n) is 26.7. The van der Waals surface area contributed by atoms with E-state index in [1.807, 2.05) is 140 Å². The minimum absolute atomic E-state index is 0.0666. The van der Waals surface area contributed by atoms with Crippen molar-refractivity contribution in [1.82, 2.24) is 49.0 Å². The van der Waals surface area contributed by atoms with E-state index in [-0.39, 0.29) is 62.2 Å². The fraction of sp³-hybridized carbons (Fsp3) is 0.612. The molecule has 8 atom stereocenters. The summed E-state index contributed by atoms with van der Waals surface area (Å²) in [6.45, 7) is 22.0. The first kappa shape index (κ1) is 69.0. The highest BCUT2D eigenvalue weighted by Gasteiger charge is 2.43. The van der Waals surface area contributed by atoms with Crippen molar-refractivity contribution in [2.24, 2.45) is 23.7 Å². The molecule has 0 saturated carbocycles. The lowest BCUT2D eigenvalue weighted by Crippen LogP contribution is -2.54. The molecular formula is C67H96N10O12. The first-order valence-corrected chi connectivity index (χ1v) is 31.5. The van der Waals surface area contributed by atoms with E-state index in [0.29, 0.717) is 30.6 Å². The molecule has 22 nitrogen and oxygen atoms in total. The fourth-order valence-electron chi connectivity index (χ4n) is 11.8. The molecule has 0 spiro atoms. The van der Waals surface area contributed by atoms with Crippen LogP contribution in [-0.4, -0.2) is 187 Å². The number of benzene rings is 2. The van der Waals surface area contributed by atoms with Gasteiger partial charge in [0.1, 0.15) is 24.2 Å². The number of likely N-dealkylation sites (N-methyl/N-ethyl adjacent to an activating group) is 4. The van der Waals surface area contributed by atoms with Crippen molar-refractivity contribution in [3.05, 3.63) is 106 Å². The number of amides is 4. The Morgan fingerprint density at radius 1 is 0.416 bits per heavy atom. The van der Waals surface area contributed by atoms with Crippen molar-refractivity contribution in [3.63, 3.8) is 0 Å². The average Bonchev–Trinajstić information content (AvgIpc) is 1.99. The van der Waals surface area contributed by atoms with Gasteiger partial charge in [-0.2, -0.15) is 10.2 Å². The van der Waals surface area contributed by atoms with Crippen LogP contribution in [0, 0.1) is 23.7 Å². The van der Waals surface area contributed by atoms with Gasteiger partial charge in [0.15, 0.2) is 24.4 Å². The van der Waals surface area contributed by atoms with Gasteiger partial charge in [-0.25, -0.2) is 19.2 Å². The molecule has 7 rings (SSSR count). The lowest BCUT2D eigenvalue weighted by atomic mass is 9.99. The molecule has 89 heavy (non-hydrogen) atoms. The summed E-state index contributed by atoms with van der Waals surface area (Å²) >= 11 is 0. The molecule has 0 unspecified atom stereocenters. The van der Waals surface area contributed by atoms with Gasteiger partial charge in [0.2, 0.25) is 0 Å². The molecule has 2 aromatic carbocycles. The molecule has 0 radical (unpaired) electrons. The smallest absolute Gasteiger partial charge is 0.329 e. The summed E-state index contributed by atoms with van der Waals surface area (Å²) < 4.78 is 28.3. The maximum absolute atomic E-state index is 15.2. The van der Waals surface area contributed by atoms with Crippen LogP contribution < -0.4 is 0 Å². The predicted molar refractivity (Wildman–Crippen MR) is 333 cm³/mol. The van der Waals surface area contributed by atoms with Crippen molar-refractivity contribution in [3.8, 4) is 0 Å². The van der Waals surface area contributed by atoms with Crippen molar-refractivity contribution in [1.29, 1.82) is 0 Å².